The first-order valence-electron chi connectivity index (χ1n) is 7.61. The molecule has 1 aromatic rings. The Kier molecular flexibility index (Phi) is 8.26. The van der Waals surface area contributed by atoms with Crippen molar-refractivity contribution in [3.05, 3.63) is 16.1 Å². The van der Waals surface area contributed by atoms with Crippen LogP contribution in [-0.4, -0.2) is 30.1 Å². The van der Waals surface area contributed by atoms with Crippen LogP contribution in [0.15, 0.2) is 10.4 Å². The van der Waals surface area contributed by atoms with Crippen molar-refractivity contribution in [1.29, 1.82) is 0 Å². The van der Waals surface area contributed by atoms with Crippen molar-refractivity contribution in [2.45, 2.75) is 59.4 Å². The largest absolute Gasteiger partial charge is 0.357 e. The number of rotatable bonds is 8. The summed E-state index contributed by atoms with van der Waals surface area (Å²) >= 11 is 1.76. The Morgan fingerprint density at radius 3 is 2.80 bits per heavy atom. The van der Waals surface area contributed by atoms with E-state index in [1.807, 2.05) is 6.92 Å². The lowest BCUT2D eigenvalue weighted by molar-refractivity contribution is 0.622. The zero-order valence-corrected chi connectivity index (χ0v) is 14.0. The molecule has 0 bridgehead atoms. The molecule has 0 fully saturated rings. The number of hydrogen-bond acceptors (Lipinski definition) is 3. The van der Waals surface area contributed by atoms with E-state index in [9.17, 15) is 0 Å². The predicted octanol–water partition coefficient (Wildman–Crippen LogP) is 3.13. The highest BCUT2D eigenvalue weighted by atomic mass is 32.1. The Bertz CT molecular complexity index is 400. The summed E-state index contributed by atoms with van der Waals surface area (Å²) in [6.45, 7) is 10.3. The van der Waals surface area contributed by atoms with Crippen molar-refractivity contribution in [2.24, 2.45) is 4.99 Å². The fourth-order valence-corrected chi connectivity index (χ4v) is 2.57. The van der Waals surface area contributed by atoms with E-state index in [2.05, 4.69) is 46.8 Å². The van der Waals surface area contributed by atoms with Crippen LogP contribution in [0.5, 0.6) is 0 Å². The van der Waals surface area contributed by atoms with Crippen LogP contribution >= 0.6 is 11.3 Å². The fraction of sp³-hybridized carbons (Fsp3) is 0.733. The predicted molar refractivity (Wildman–Crippen MR) is 88.7 cm³/mol. The van der Waals surface area contributed by atoms with Gasteiger partial charge >= 0.3 is 0 Å². The SMILES string of the molecule is CCNC(=NCCCCc1nc(C)cs1)NC(C)CC. The molecule has 0 spiro atoms. The molecular weight excluding hydrogens is 268 g/mol. The third-order valence-electron chi connectivity index (χ3n) is 3.07. The Hall–Kier alpha value is -1.10. The van der Waals surface area contributed by atoms with Gasteiger partial charge in [0.15, 0.2) is 5.96 Å². The van der Waals surface area contributed by atoms with Gasteiger partial charge in [-0.2, -0.15) is 0 Å². The summed E-state index contributed by atoms with van der Waals surface area (Å²) in [4.78, 5) is 9.10. The van der Waals surface area contributed by atoms with Crippen LogP contribution in [0.4, 0.5) is 0 Å². The molecule has 1 heterocycles. The molecule has 4 nitrogen and oxygen atoms in total. The molecule has 2 N–H and O–H groups in total. The Morgan fingerprint density at radius 2 is 2.20 bits per heavy atom. The molecule has 5 heteroatoms. The van der Waals surface area contributed by atoms with Crippen LogP contribution in [0.2, 0.25) is 0 Å². The van der Waals surface area contributed by atoms with E-state index in [0.29, 0.717) is 6.04 Å². The van der Waals surface area contributed by atoms with Crippen LogP contribution in [0, 0.1) is 6.92 Å². The molecule has 1 atom stereocenters. The molecule has 114 valence electrons. The molecule has 1 unspecified atom stereocenters. The minimum Gasteiger partial charge on any atom is -0.357 e. The Morgan fingerprint density at radius 1 is 1.40 bits per heavy atom. The van der Waals surface area contributed by atoms with Gasteiger partial charge in [0.25, 0.3) is 0 Å². The number of aryl methyl sites for hydroxylation is 2. The average molecular weight is 296 g/mol. The van der Waals surface area contributed by atoms with Crippen molar-refractivity contribution in [1.82, 2.24) is 15.6 Å². The Balaban J connectivity index is 2.25. The second-order valence-corrected chi connectivity index (χ2v) is 6.00. The zero-order valence-electron chi connectivity index (χ0n) is 13.2. The highest BCUT2D eigenvalue weighted by Gasteiger charge is 2.02. The third kappa shape index (κ3) is 6.89. The van der Waals surface area contributed by atoms with Gasteiger partial charge in [-0.1, -0.05) is 6.92 Å². The van der Waals surface area contributed by atoms with E-state index < -0.39 is 0 Å². The molecule has 0 aliphatic heterocycles. The first kappa shape index (κ1) is 17.0. The van der Waals surface area contributed by atoms with E-state index >= 15 is 0 Å². The monoisotopic (exact) mass is 296 g/mol. The van der Waals surface area contributed by atoms with Crippen molar-refractivity contribution in [2.75, 3.05) is 13.1 Å². The first-order chi connectivity index (χ1) is 9.65. The van der Waals surface area contributed by atoms with Gasteiger partial charge in [0, 0.05) is 30.2 Å². The molecule has 0 aliphatic carbocycles. The third-order valence-corrected chi connectivity index (χ3v) is 4.10. The number of thiazole rings is 1. The molecule has 0 amide bonds. The lowest BCUT2D eigenvalue weighted by Crippen LogP contribution is -2.42. The summed E-state index contributed by atoms with van der Waals surface area (Å²) < 4.78 is 0. The van der Waals surface area contributed by atoms with Crippen LogP contribution < -0.4 is 10.6 Å². The van der Waals surface area contributed by atoms with Crippen LogP contribution in [-0.2, 0) is 6.42 Å². The van der Waals surface area contributed by atoms with E-state index in [1.54, 1.807) is 11.3 Å². The summed E-state index contributed by atoms with van der Waals surface area (Å²) in [6, 6.07) is 0.464. The minimum absolute atomic E-state index is 0.464. The Labute approximate surface area is 127 Å². The maximum Gasteiger partial charge on any atom is 0.191 e. The fourth-order valence-electron chi connectivity index (χ4n) is 1.75. The number of hydrogen-bond donors (Lipinski definition) is 2. The lowest BCUT2D eigenvalue weighted by Gasteiger charge is -2.16. The van der Waals surface area contributed by atoms with Crippen LogP contribution in [0.1, 0.15) is 50.7 Å². The van der Waals surface area contributed by atoms with Gasteiger partial charge in [-0.3, -0.25) is 4.99 Å². The number of nitrogens with one attached hydrogen (secondary N) is 2. The van der Waals surface area contributed by atoms with Crippen molar-refractivity contribution in [3.63, 3.8) is 0 Å². The summed E-state index contributed by atoms with van der Waals surface area (Å²) in [6.07, 6.45) is 4.44. The minimum atomic E-state index is 0.464. The lowest BCUT2D eigenvalue weighted by atomic mass is 10.2. The van der Waals surface area contributed by atoms with Gasteiger partial charge in [0.05, 0.1) is 5.01 Å². The van der Waals surface area contributed by atoms with Crippen molar-refractivity contribution < 1.29 is 0 Å². The van der Waals surface area contributed by atoms with E-state index in [4.69, 9.17) is 0 Å². The van der Waals surface area contributed by atoms with Crippen LogP contribution in [0.3, 0.4) is 0 Å². The number of unbranched alkanes of at least 4 members (excludes halogenated alkanes) is 1. The molecule has 20 heavy (non-hydrogen) atoms. The second kappa shape index (κ2) is 9.75. The first-order valence-corrected chi connectivity index (χ1v) is 8.49. The normalized spacial score (nSPS) is 13.3. The van der Waals surface area contributed by atoms with Gasteiger partial charge in [0.1, 0.15) is 0 Å². The number of nitrogens with zero attached hydrogens (tertiary/aromatic N) is 2. The summed E-state index contributed by atoms with van der Waals surface area (Å²) in [5.41, 5.74) is 1.13. The van der Waals surface area contributed by atoms with Gasteiger partial charge in [-0.25, -0.2) is 4.98 Å². The molecule has 1 rings (SSSR count). The summed E-state index contributed by atoms with van der Waals surface area (Å²) in [5.74, 6) is 0.937. The topological polar surface area (TPSA) is 49.3 Å². The number of guanidine groups is 1. The number of aromatic nitrogens is 1. The second-order valence-electron chi connectivity index (χ2n) is 5.05. The van der Waals surface area contributed by atoms with E-state index in [0.717, 1.165) is 50.4 Å². The van der Waals surface area contributed by atoms with E-state index in [-0.39, 0.29) is 0 Å². The maximum atomic E-state index is 4.62. The molecule has 0 aliphatic rings. The zero-order chi connectivity index (χ0) is 14.8. The van der Waals surface area contributed by atoms with E-state index in [1.165, 1.54) is 5.01 Å². The molecule has 0 saturated carbocycles. The molecule has 0 aromatic carbocycles. The van der Waals surface area contributed by atoms with Gasteiger partial charge in [-0.15, -0.1) is 11.3 Å². The van der Waals surface area contributed by atoms with Gasteiger partial charge in [0.2, 0.25) is 0 Å². The standard InChI is InChI=1S/C15H28N4S/c1-5-12(3)19-15(16-6-2)17-10-8-7-9-14-18-13(4)11-20-14/h11-12H,5-10H2,1-4H3,(H2,16,17,19). The summed E-state index contributed by atoms with van der Waals surface area (Å²) in [5, 5.41) is 10.1. The molecular formula is C15H28N4S. The quantitative estimate of drug-likeness (QED) is 0.440. The molecule has 0 radical (unpaired) electrons. The van der Waals surface area contributed by atoms with Gasteiger partial charge in [-0.05, 0) is 46.5 Å². The van der Waals surface area contributed by atoms with Gasteiger partial charge < -0.3 is 10.6 Å². The highest BCUT2D eigenvalue weighted by Crippen LogP contribution is 2.11. The van der Waals surface area contributed by atoms with Crippen molar-refractivity contribution >= 4 is 17.3 Å². The highest BCUT2D eigenvalue weighted by molar-refractivity contribution is 7.09. The maximum absolute atomic E-state index is 4.62. The summed E-state index contributed by atoms with van der Waals surface area (Å²) in [7, 11) is 0. The van der Waals surface area contributed by atoms with Crippen molar-refractivity contribution in [3.8, 4) is 0 Å². The molecule has 1 aromatic heterocycles. The molecule has 0 saturated heterocycles. The number of aliphatic imine (C=N–C) groups is 1. The smallest absolute Gasteiger partial charge is 0.191 e. The van der Waals surface area contributed by atoms with Crippen LogP contribution in [0.25, 0.3) is 0 Å². The average Bonchev–Trinajstić information content (AvgIpc) is 2.84.